The predicted octanol–water partition coefficient (Wildman–Crippen LogP) is 2.04. The number of aromatic amines is 1. The van der Waals surface area contributed by atoms with Crippen LogP contribution in [-0.2, 0) is 4.79 Å². The molecule has 1 atom stereocenters. The van der Waals surface area contributed by atoms with Gasteiger partial charge in [0.05, 0.1) is 12.7 Å². The summed E-state index contributed by atoms with van der Waals surface area (Å²) in [6.45, 7) is 6.24. The predicted molar refractivity (Wildman–Crippen MR) is 75.4 cm³/mol. The summed E-state index contributed by atoms with van der Waals surface area (Å²) in [7, 11) is 0. The molecule has 0 radical (unpaired) electrons. The van der Waals surface area contributed by atoms with Gasteiger partial charge in [-0.15, -0.1) is 0 Å². The minimum Gasteiger partial charge on any atom is -0.481 e. The SMILES string of the molecule is CC(C)(C)CC(CC(=O)O)Nc1ncnc2nc[nH]c12. The van der Waals surface area contributed by atoms with Gasteiger partial charge in [-0.05, 0) is 11.8 Å². The van der Waals surface area contributed by atoms with Crippen molar-refractivity contribution in [3.8, 4) is 0 Å². The number of hydrogen-bond donors (Lipinski definition) is 3. The molecule has 7 nitrogen and oxygen atoms in total. The molecule has 0 aromatic carbocycles. The molecule has 0 amide bonds. The summed E-state index contributed by atoms with van der Waals surface area (Å²) in [6.07, 6.45) is 3.72. The minimum absolute atomic E-state index is 0.0211. The molecule has 3 N–H and O–H groups in total. The average Bonchev–Trinajstić information content (AvgIpc) is 2.74. The van der Waals surface area contributed by atoms with Crippen molar-refractivity contribution in [3.63, 3.8) is 0 Å². The number of anilines is 1. The maximum Gasteiger partial charge on any atom is 0.305 e. The van der Waals surface area contributed by atoms with E-state index in [9.17, 15) is 4.79 Å². The summed E-state index contributed by atoms with van der Waals surface area (Å²) in [4.78, 5) is 26.2. The summed E-state index contributed by atoms with van der Waals surface area (Å²) in [5.41, 5.74) is 1.27. The number of carboxylic acid groups (broad SMARTS) is 1. The molecule has 2 aromatic rings. The second kappa shape index (κ2) is 5.44. The number of rotatable bonds is 5. The molecule has 7 heteroatoms. The van der Waals surface area contributed by atoms with Crippen molar-refractivity contribution in [2.45, 2.75) is 39.7 Å². The van der Waals surface area contributed by atoms with Gasteiger partial charge in [0.1, 0.15) is 11.8 Å². The van der Waals surface area contributed by atoms with Gasteiger partial charge in [0.15, 0.2) is 11.5 Å². The Morgan fingerprint density at radius 2 is 2.15 bits per heavy atom. The molecule has 0 fully saturated rings. The van der Waals surface area contributed by atoms with Crippen LogP contribution < -0.4 is 5.32 Å². The van der Waals surface area contributed by atoms with Gasteiger partial charge in [-0.1, -0.05) is 20.8 Å². The molecule has 0 aliphatic carbocycles. The molecule has 2 aromatic heterocycles. The van der Waals surface area contributed by atoms with Gasteiger partial charge in [0.2, 0.25) is 0 Å². The fourth-order valence-electron chi connectivity index (χ4n) is 2.19. The van der Waals surface area contributed by atoms with Crippen molar-refractivity contribution in [2.75, 3.05) is 5.32 Å². The first kappa shape index (κ1) is 14.2. The van der Waals surface area contributed by atoms with Crippen LogP contribution >= 0.6 is 0 Å². The lowest BCUT2D eigenvalue weighted by Gasteiger charge is -2.26. The third kappa shape index (κ3) is 3.66. The lowest BCUT2D eigenvalue weighted by molar-refractivity contribution is -0.137. The molecule has 0 aliphatic rings. The Morgan fingerprint density at radius 3 is 2.80 bits per heavy atom. The molecular formula is C13H19N5O2. The standard InChI is InChI=1S/C13H19N5O2/c1-13(2,3)5-8(4-9(19)20)18-12-10-11(15-6-14-10)16-7-17-12/h6-8H,4-5H2,1-3H3,(H,19,20)(H2,14,15,16,17,18). The maximum atomic E-state index is 11.0. The van der Waals surface area contributed by atoms with Crippen LogP contribution in [0.25, 0.3) is 11.2 Å². The van der Waals surface area contributed by atoms with E-state index < -0.39 is 5.97 Å². The van der Waals surface area contributed by atoms with Gasteiger partial charge in [-0.2, -0.15) is 0 Å². The number of fused-ring (bicyclic) bond motifs is 1. The van der Waals surface area contributed by atoms with Crippen LogP contribution in [0.4, 0.5) is 5.82 Å². The Hall–Kier alpha value is -2.18. The second-order valence-corrected chi connectivity index (χ2v) is 6.03. The highest BCUT2D eigenvalue weighted by atomic mass is 16.4. The van der Waals surface area contributed by atoms with Crippen LogP contribution in [-0.4, -0.2) is 37.1 Å². The van der Waals surface area contributed by atoms with E-state index in [-0.39, 0.29) is 17.9 Å². The lowest BCUT2D eigenvalue weighted by atomic mass is 9.87. The van der Waals surface area contributed by atoms with Crippen molar-refractivity contribution >= 4 is 23.0 Å². The first-order valence-corrected chi connectivity index (χ1v) is 6.47. The fourth-order valence-corrected chi connectivity index (χ4v) is 2.19. The summed E-state index contributed by atoms with van der Waals surface area (Å²) < 4.78 is 0. The van der Waals surface area contributed by atoms with E-state index in [0.717, 1.165) is 6.42 Å². The van der Waals surface area contributed by atoms with E-state index in [4.69, 9.17) is 5.11 Å². The number of carbonyl (C=O) groups is 1. The molecule has 1 unspecified atom stereocenters. The van der Waals surface area contributed by atoms with Crippen molar-refractivity contribution in [1.82, 2.24) is 19.9 Å². The van der Waals surface area contributed by atoms with Crippen LogP contribution in [0.5, 0.6) is 0 Å². The van der Waals surface area contributed by atoms with E-state index in [1.165, 1.54) is 6.33 Å². The minimum atomic E-state index is -0.832. The third-order valence-electron chi connectivity index (χ3n) is 2.84. The molecule has 0 aliphatic heterocycles. The summed E-state index contributed by atoms with van der Waals surface area (Å²) >= 11 is 0. The number of nitrogens with one attached hydrogen (secondary N) is 2. The topological polar surface area (TPSA) is 104 Å². The number of carboxylic acids is 1. The Balaban J connectivity index is 2.22. The van der Waals surface area contributed by atoms with Crippen molar-refractivity contribution in [1.29, 1.82) is 0 Å². The zero-order valence-electron chi connectivity index (χ0n) is 11.8. The Labute approximate surface area is 116 Å². The molecule has 0 spiro atoms. The molecule has 2 heterocycles. The lowest BCUT2D eigenvalue weighted by Crippen LogP contribution is -2.28. The van der Waals surface area contributed by atoms with Crippen LogP contribution in [0, 0.1) is 5.41 Å². The van der Waals surface area contributed by atoms with Crippen molar-refractivity contribution in [2.24, 2.45) is 5.41 Å². The first-order chi connectivity index (χ1) is 9.35. The van der Waals surface area contributed by atoms with Crippen molar-refractivity contribution in [3.05, 3.63) is 12.7 Å². The van der Waals surface area contributed by atoms with E-state index in [1.54, 1.807) is 6.33 Å². The molecule has 20 heavy (non-hydrogen) atoms. The van der Waals surface area contributed by atoms with Gasteiger partial charge in [-0.3, -0.25) is 4.79 Å². The normalized spacial score (nSPS) is 13.3. The summed E-state index contributed by atoms with van der Waals surface area (Å²) in [5.74, 6) is -0.246. The number of H-pyrrole nitrogens is 1. The molecule has 2 rings (SSSR count). The van der Waals surface area contributed by atoms with Crippen LogP contribution in [0.15, 0.2) is 12.7 Å². The van der Waals surface area contributed by atoms with Crippen LogP contribution in [0.3, 0.4) is 0 Å². The first-order valence-electron chi connectivity index (χ1n) is 6.47. The number of aliphatic carboxylic acids is 1. The zero-order chi connectivity index (χ0) is 14.8. The molecule has 108 valence electrons. The largest absolute Gasteiger partial charge is 0.481 e. The van der Waals surface area contributed by atoms with Gasteiger partial charge in [-0.25, -0.2) is 15.0 Å². The number of hydrogen-bond acceptors (Lipinski definition) is 5. The Morgan fingerprint density at radius 1 is 1.40 bits per heavy atom. The van der Waals surface area contributed by atoms with Gasteiger partial charge < -0.3 is 15.4 Å². The highest BCUT2D eigenvalue weighted by Gasteiger charge is 2.22. The molecule has 0 bridgehead atoms. The number of aromatic nitrogens is 4. The van der Waals surface area contributed by atoms with Crippen LogP contribution in [0.2, 0.25) is 0 Å². The molecular weight excluding hydrogens is 258 g/mol. The number of nitrogens with zero attached hydrogens (tertiary/aromatic N) is 3. The zero-order valence-corrected chi connectivity index (χ0v) is 11.8. The van der Waals surface area contributed by atoms with Gasteiger partial charge in [0, 0.05) is 6.04 Å². The average molecular weight is 277 g/mol. The summed E-state index contributed by atoms with van der Waals surface area (Å²) in [6, 6.07) is -0.200. The van der Waals surface area contributed by atoms with Gasteiger partial charge in [0.25, 0.3) is 0 Å². The highest BCUT2D eigenvalue weighted by molar-refractivity contribution is 5.82. The Bertz CT molecular complexity index is 602. The van der Waals surface area contributed by atoms with E-state index in [1.807, 2.05) is 0 Å². The van der Waals surface area contributed by atoms with E-state index in [0.29, 0.717) is 17.0 Å². The fraction of sp³-hybridized carbons (Fsp3) is 0.538. The van der Waals surface area contributed by atoms with E-state index in [2.05, 4.69) is 46.0 Å². The third-order valence-corrected chi connectivity index (χ3v) is 2.84. The Kier molecular flexibility index (Phi) is 3.87. The second-order valence-electron chi connectivity index (χ2n) is 6.03. The number of imidazole rings is 1. The van der Waals surface area contributed by atoms with Gasteiger partial charge >= 0.3 is 5.97 Å². The smallest absolute Gasteiger partial charge is 0.305 e. The maximum absolute atomic E-state index is 11.0. The highest BCUT2D eigenvalue weighted by Crippen LogP contribution is 2.25. The van der Waals surface area contributed by atoms with Crippen LogP contribution in [0.1, 0.15) is 33.6 Å². The van der Waals surface area contributed by atoms with Crippen molar-refractivity contribution < 1.29 is 9.90 Å². The van der Waals surface area contributed by atoms with E-state index >= 15 is 0 Å². The molecule has 0 saturated heterocycles. The monoisotopic (exact) mass is 277 g/mol. The quantitative estimate of drug-likeness (QED) is 0.772. The molecule has 0 saturated carbocycles. The summed E-state index contributed by atoms with van der Waals surface area (Å²) in [5, 5.41) is 12.2.